The van der Waals surface area contributed by atoms with E-state index in [-0.39, 0.29) is 17.2 Å². The average molecular weight is 367 g/mol. The minimum atomic E-state index is -0.492. The van der Waals surface area contributed by atoms with Gasteiger partial charge in [0, 0.05) is 23.9 Å². The van der Waals surface area contributed by atoms with Crippen LogP contribution in [0.4, 0.5) is 0 Å². The van der Waals surface area contributed by atoms with Crippen molar-refractivity contribution in [2.45, 2.75) is 45.1 Å². The molecule has 140 valence electrons. The van der Waals surface area contributed by atoms with Gasteiger partial charge in [-0.3, -0.25) is 9.59 Å². The van der Waals surface area contributed by atoms with Gasteiger partial charge in [0.05, 0.1) is 7.11 Å². The zero-order chi connectivity index (χ0) is 18.9. The number of hydrogen-bond donors (Lipinski definition) is 2. The second-order valence-electron chi connectivity index (χ2n) is 6.56. The Morgan fingerprint density at radius 1 is 1.28 bits per heavy atom. The number of thioether (sulfide) groups is 1. The highest BCUT2D eigenvalue weighted by molar-refractivity contribution is 7.98. The second kappa shape index (κ2) is 10.3. The molecule has 0 radical (unpaired) electrons. The molecule has 5 nitrogen and oxygen atoms in total. The van der Waals surface area contributed by atoms with Crippen LogP contribution in [-0.2, 0) is 15.0 Å². The summed E-state index contributed by atoms with van der Waals surface area (Å²) < 4.78 is 5.43. The van der Waals surface area contributed by atoms with Crippen LogP contribution < -0.4 is 15.4 Å². The fourth-order valence-corrected chi connectivity index (χ4v) is 3.00. The topological polar surface area (TPSA) is 67.4 Å². The van der Waals surface area contributed by atoms with E-state index in [0.29, 0.717) is 19.4 Å². The molecule has 1 rings (SSSR count). The number of para-hydroxylation sites is 1. The molecule has 1 atom stereocenters. The van der Waals surface area contributed by atoms with Gasteiger partial charge in [-0.2, -0.15) is 11.8 Å². The van der Waals surface area contributed by atoms with Crippen molar-refractivity contribution in [3.63, 3.8) is 0 Å². The monoisotopic (exact) mass is 366 g/mol. The number of methoxy groups -OCH3 is 1. The van der Waals surface area contributed by atoms with E-state index in [0.717, 1.165) is 17.1 Å². The standard InChI is InChI=1S/C19H30N2O3S/c1-6-17(22)21-15(11-12-25-5)18(23)20-13-19(2,3)14-9-7-8-10-16(14)24-4/h7-10,15H,6,11-13H2,1-5H3,(H,20,23)(H,21,22)/t15-/m0/s1. The molecule has 2 amide bonds. The summed E-state index contributed by atoms with van der Waals surface area (Å²) in [5.41, 5.74) is 0.747. The van der Waals surface area contributed by atoms with Crippen molar-refractivity contribution in [3.05, 3.63) is 29.8 Å². The van der Waals surface area contributed by atoms with Gasteiger partial charge in [0.25, 0.3) is 0 Å². The Kier molecular flexibility index (Phi) is 8.83. The lowest BCUT2D eigenvalue weighted by Gasteiger charge is -2.28. The summed E-state index contributed by atoms with van der Waals surface area (Å²) in [7, 11) is 1.65. The molecular weight excluding hydrogens is 336 g/mol. The highest BCUT2D eigenvalue weighted by Gasteiger charge is 2.27. The van der Waals surface area contributed by atoms with Crippen LogP contribution in [0, 0.1) is 0 Å². The minimum Gasteiger partial charge on any atom is -0.496 e. The molecule has 0 saturated heterocycles. The summed E-state index contributed by atoms with van der Waals surface area (Å²) in [5, 5.41) is 5.80. The quantitative estimate of drug-likeness (QED) is 0.668. The number of amides is 2. The average Bonchev–Trinajstić information content (AvgIpc) is 2.62. The lowest BCUT2D eigenvalue weighted by molar-refractivity contribution is -0.129. The van der Waals surface area contributed by atoms with Crippen molar-refractivity contribution in [1.82, 2.24) is 10.6 Å². The molecule has 0 unspecified atom stereocenters. The Labute approximate surface area is 155 Å². The summed E-state index contributed by atoms with van der Waals surface area (Å²) in [6.07, 6.45) is 2.98. The zero-order valence-corrected chi connectivity index (χ0v) is 16.7. The molecule has 2 N–H and O–H groups in total. The highest BCUT2D eigenvalue weighted by Crippen LogP contribution is 2.30. The molecule has 0 aliphatic heterocycles. The lowest BCUT2D eigenvalue weighted by Crippen LogP contribution is -2.49. The molecule has 0 aromatic heterocycles. The highest BCUT2D eigenvalue weighted by atomic mass is 32.2. The molecular formula is C19H30N2O3S. The van der Waals surface area contributed by atoms with Gasteiger partial charge in [-0.05, 0) is 24.5 Å². The molecule has 25 heavy (non-hydrogen) atoms. The number of rotatable bonds is 10. The third kappa shape index (κ3) is 6.61. The Bertz CT molecular complexity index is 576. The maximum absolute atomic E-state index is 12.6. The summed E-state index contributed by atoms with van der Waals surface area (Å²) in [5.74, 6) is 1.38. The molecule has 0 aliphatic rings. The van der Waals surface area contributed by atoms with E-state index in [1.807, 2.05) is 30.5 Å². The van der Waals surface area contributed by atoms with Crippen molar-refractivity contribution >= 4 is 23.6 Å². The first-order chi connectivity index (χ1) is 11.9. The van der Waals surface area contributed by atoms with E-state index in [1.165, 1.54) is 0 Å². The molecule has 1 aromatic rings. The minimum absolute atomic E-state index is 0.106. The maximum Gasteiger partial charge on any atom is 0.242 e. The van der Waals surface area contributed by atoms with Crippen molar-refractivity contribution in [2.75, 3.05) is 25.7 Å². The van der Waals surface area contributed by atoms with Gasteiger partial charge in [-0.1, -0.05) is 39.0 Å². The van der Waals surface area contributed by atoms with Crippen LogP contribution in [0.3, 0.4) is 0 Å². The van der Waals surface area contributed by atoms with Gasteiger partial charge in [-0.25, -0.2) is 0 Å². The predicted octanol–water partition coefficient (Wildman–Crippen LogP) is 2.74. The van der Waals surface area contributed by atoms with E-state index in [9.17, 15) is 9.59 Å². The summed E-state index contributed by atoms with van der Waals surface area (Å²) in [6.45, 7) is 6.37. The molecule has 0 aliphatic carbocycles. The summed E-state index contributed by atoms with van der Waals surface area (Å²) in [6, 6.07) is 7.32. The van der Waals surface area contributed by atoms with Crippen molar-refractivity contribution in [3.8, 4) is 5.75 Å². The molecule has 6 heteroatoms. The predicted molar refractivity (Wildman–Crippen MR) is 104 cm³/mol. The van der Waals surface area contributed by atoms with Crippen molar-refractivity contribution < 1.29 is 14.3 Å². The van der Waals surface area contributed by atoms with E-state index in [2.05, 4.69) is 24.5 Å². The van der Waals surface area contributed by atoms with Gasteiger partial charge in [-0.15, -0.1) is 0 Å². The maximum atomic E-state index is 12.6. The third-order valence-corrected chi connectivity index (χ3v) is 4.77. The number of carbonyl (C=O) groups excluding carboxylic acids is 2. The van der Waals surface area contributed by atoms with E-state index < -0.39 is 6.04 Å². The van der Waals surface area contributed by atoms with Gasteiger partial charge in [0.2, 0.25) is 11.8 Å². The molecule has 0 heterocycles. The first-order valence-corrected chi connectivity index (χ1v) is 9.94. The number of benzene rings is 1. The largest absolute Gasteiger partial charge is 0.496 e. The van der Waals surface area contributed by atoms with Crippen LogP contribution in [-0.4, -0.2) is 43.5 Å². The molecule has 0 spiro atoms. The summed E-state index contributed by atoms with van der Waals surface area (Å²) >= 11 is 1.66. The first-order valence-electron chi connectivity index (χ1n) is 8.55. The number of carbonyl (C=O) groups is 2. The van der Waals surface area contributed by atoms with Gasteiger partial charge in [0.15, 0.2) is 0 Å². The Balaban J connectivity index is 2.77. The molecule has 1 aromatic carbocycles. The Morgan fingerprint density at radius 2 is 1.96 bits per heavy atom. The summed E-state index contributed by atoms with van der Waals surface area (Å²) in [4.78, 5) is 24.2. The lowest BCUT2D eigenvalue weighted by atomic mass is 9.84. The molecule has 0 saturated carbocycles. The fraction of sp³-hybridized carbons (Fsp3) is 0.579. The Hall–Kier alpha value is -1.69. The third-order valence-electron chi connectivity index (χ3n) is 4.12. The number of hydrogen-bond acceptors (Lipinski definition) is 4. The number of ether oxygens (including phenoxy) is 1. The van der Waals surface area contributed by atoms with Gasteiger partial charge >= 0.3 is 0 Å². The van der Waals surface area contributed by atoms with Crippen LogP contribution in [0.2, 0.25) is 0 Å². The van der Waals surface area contributed by atoms with Crippen LogP contribution in [0.1, 0.15) is 39.2 Å². The SMILES string of the molecule is CCC(=O)N[C@@H](CCSC)C(=O)NCC(C)(C)c1ccccc1OC. The fourth-order valence-electron chi connectivity index (χ4n) is 2.53. The zero-order valence-electron chi connectivity index (χ0n) is 15.8. The van der Waals surface area contributed by atoms with E-state index >= 15 is 0 Å². The van der Waals surface area contributed by atoms with Crippen molar-refractivity contribution in [2.24, 2.45) is 0 Å². The Morgan fingerprint density at radius 3 is 2.56 bits per heavy atom. The number of nitrogens with one attached hydrogen (secondary N) is 2. The van der Waals surface area contributed by atoms with Crippen LogP contribution >= 0.6 is 11.8 Å². The second-order valence-corrected chi connectivity index (χ2v) is 7.54. The molecule has 0 bridgehead atoms. The smallest absolute Gasteiger partial charge is 0.242 e. The molecule has 0 fully saturated rings. The van der Waals surface area contributed by atoms with E-state index in [1.54, 1.807) is 25.8 Å². The van der Waals surface area contributed by atoms with Crippen molar-refractivity contribution in [1.29, 1.82) is 0 Å². The van der Waals surface area contributed by atoms with Crippen LogP contribution in [0.25, 0.3) is 0 Å². The normalized spacial score (nSPS) is 12.4. The van der Waals surface area contributed by atoms with Crippen LogP contribution in [0.5, 0.6) is 5.75 Å². The van der Waals surface area contributed by atoms with Gasteiger partial charge < -0.3 is 15.4 Å². The van der Waals surface area contributed by atoms with E-state index in [4.69, 9.17) is 4.74 Å². The first kappa shape index (κ1) is 21.4. The van der Waals surface area contributed by atoms with Gasteiger partial charge in [0.1, 0.15) is 11.8 Å². The van der Waals surface area contributed by atoms with Crippen LogP contribution in [0.15, 0.2) is 24.3 Å².